The predicted octanol–water partition coefficient (Wildman–Crippen LogP) is 2.49. The predicted molar refractivity (Wildman–Crippen MR) is 86.3 cm³/mol. The minimum Gasteiger partial charge on any atom is -0.354 e. The van der Waals surface area contributed by atoms with Crippen molar-refractivity contribution in [3.05, 3.63) is 52.5 Å². The van der Waals surface area contributed by atoms with E-state index in [0.717, 1.165) is 23.5 Å². The summed E-state index contributed by atoms with van der Waals surface area (Å²) in [6.45, 7) is 3.49. The van der Waals surface area contributed by atoms with Gasteiger partial charge in [-0.05, 0) is 19.2 Å². The lowest BCUT2D eigenvalue weighted by molar-refractivity contribution is -0.126. The van der Waals surface area contributed by atoms with Crippen molar-refractivity contribution in [1.82, 2.24) is 15.2 Å². The van der Waals surface area contributed by atoms with E-state index in [0.29, 0.717) is 6.54 Å². The number of benzene rings is 1. The molecule has 0 aliphatic carbocycles. The van der Waals surface area contributed by atoms with Crippen LogP contribution in [0.15, 0.2) is 41.9 Å². The van der Waals surface area contributed by atoms with Crippen molar-refractivity contribution in [3.8, 4) is 0 Å². The fraction of sp³-hybridized carbons (Fsp3) is 0.375. The van der Waals surface area contributed by atoms with Crippen LogP contribution in [-0.2, 0) is 11.2 Å². The molecule has 0 aliphatic rings. The molecule has 0 saturated carbocycles. The molecule has 2 aromatic rings. The van der Waals surface area contributed by atoms with Crippen LogP contribution in [-0.4, -0.2) is 35.9 Å². The van der Waals surface area contributed by atoms with Gasteiger partial charge in [-0.25, -0.2) is 4.98 Å². The monoisotopic (exact) mass is 303 g/mol. The lowest BCUT2D eigenvalue weighted by Crippen LogP contribution is -2.39. The van der Waals surface area contributed by atoms with Gasteiger partial charge in [-0.2, -0.15) is 0 Å². The summed E-state index contributed by atoms with van der Waals surface area (Å²) in [4.78, 5) is 18.8. The molecular weight excluding hydrogens is 282 g/mol. The zero-order valence-corrected chi connectivity index (χ0v) is 13.3. The molecule has 0 aliphatic heterocycles. The molecule has 1 aromatic heterocycles. The summed E-state index contributed by atoms with van der Waals surface area (Å²) >= 11 is 1.62. The molecule has 0 fully saturated rings. The number of likely N-dealkylation sites (N-methyl/N-ethyl adjacent to an activating group) is 1. The first-order valence-electron chi connectivity index (χ1n) is 7.13. The van der Waals surface area contributed by atoms with Gasteiger partial charge in [0.1, 0.15) is 6.04 Å². The number of nitrogens with zero attached hydrogens (tertiary/aromatic N) is 2. The van der Waals surface area contributed by atoms with Gasteiger partial charge in [0.25, 0.3) is 0 Å². The highest BCUT2D eigenvalue weighted by Gasteiger charge is 2.23. The molecule has 0 saturated heterocycles. The number of rotatable bonds is 7. The Morgan fingerprint density at radius 2 is 2.14 bits per heavy atom. The summed E-state index contributed by atoms with van der Waals surface area (Å²) in [7, 11) is 1.97. The lowest BCUT2D eigenvalue weighted by Gasteiger charge is -2.26. The van der Waals surface area contributed by atoms with E-state index in [1.807, 2.05) is 47.7 Å². The summed E-state index contributed by atoms with van der Waals surface area (Å²) in [6, 6.07) is 9.65. The number of hydrogen-bond donors (Lipinski definition) is 1. The molecule has 1 amide bonds. The van der Waals surface area contributed by atoms with Gasteiger partial charge in [0.05, 0.1) is 5.01 Å². The van der Waals surface area contributed by atoms with E-state index < -0.39 is 0 Å². The Bertz CT molecular complexity index is 542. The maximum absolute atomic E-state index is 12.5. The first-order valence-corrected chi connectivity index (χ1v) is 8.01. The Labute approximate surface area is 129 Å². The van der Waals surface area contributed by atoms with Crippen molar-refractivity contribution in [1.29, 1.82) is 0 Å². The van der Waals surface area contributed by atoms with Crippen molar-refractivity contribution in [2.75, 3.05) is 20.1 Å². The zero-order valence-electron chi connectivity index (χ0n) is 12.5. The number of aromatic nitrogens is 1. The number of carbonyl (C=O) groups excluding carboxylic acids is 1. The van der Waals surface area contributed by atoms with Crippen molar-refractivity contribution >= 4 is 17.2 Å². The average molecular weight is 303 g/mol. The van der Waals surface area contributed by atoms with Crippen LogP contribution in [0.25, 0.3) is 0 Å². The van der Waals surface area contributed by atoms with Crippen LogP contribution in [0.1, 0.15) is 23.5 Å². The third-order valence-corrected chi connectivity index (χ3v) is 4.26. The number of amides is 1. The topological polar surface area (TPSA) is 45.2 Å². The summed E-state index contributed by atoms with van der Waals surface area (Å²) in [5.74, 6) is 0.0436. The van der Waals surface area contributed by atoms with Crippen molar-refractivity contribution in [2.24, 2.45) is 0 Å². The molecule has 1 atom stereocenters. The molecule has 2 rings (SSSR count). The molecule has 4 nitrogen and oxygen atoms in total. The molecule has 0 spiro atoms. The Hall–Kier alpha value is -1.72. The molecule has 1 heterocycles. The second-order valence-electron chi connectivity index (χ2n) is 4.85. The van der Waals surface area contributed by atoms with Gasteiger partial charge >= 0.3 is 0 Å². The Kier molecular flexibility index (Phi) is 5.90. The highest BCUT2D eigenvalue weighted by Crippen LogP contribution is 2.19. The zero-order chi connectivity index (χ0) is 15.1. The van der Waals surface area contributed by atoms with Crippen molar-refractivity contribution < 1.29 is 4.79 Å². The van der Waals surface area contributed by atoms with Gasteiger partial charge in [0, 0.05) is 24.5 Å². The van der Waals surface area contributed by atoms with E-state index in [9.17, 15) is 4.79 Å². The van der Waals surface area contributed by atoms with Crippen LogP contribution in [0.3, 0.4) is 0 Å². The number of hydrogen-bond acceptors (Lipinski definition) is 4. The maximum atomic E-state index is 12.5. The molecule has 0 bridgehead atoms. The Morgan fingerprint density at radius 1 is 1.38 bits per heavy atom. The van der Waals surface area contributed by atoms with Gasteiger partial charge in [-0.15, -0.1) is 11.3 Å². The third-order valence-electron chi connectivity index (χ3n) is 3.42. The first-order chi connectivity index (χ1) is 10.2. The van der Waals surface area contributed by atoms with E-state index >= 15 is 0 Å². The lowest BCUT2D eigenvalue weighted by atomic mass is 10.0. The fourth-order valence-corrected chi connectivity index (χ4v) is 2.81. The molecule has 1 N–H and O–H groups in total. The molecule has 21 heavy (non-hydrogen) atoms. The van der Waals surface area contributed by atoms with Crippen molar-refractivity contribution in [3.63, 3.8) is 0 Å². The van der Waals surface area contributed by atoms with E-state index in [4.69, 9.17) is 0 Å². The van der Waals surface area contributed by atoms with Gasteiger partial charge in [-0.3, -0.25) is 9.69 Å². The number of nitrogens with one attached hydrogen (secondary N) is 1. The molecule has 112 valence electrons. The largest absolute Gasteiger partial charge is 0.354 e. The normalized spacial score (nSPS) is 12.3. The summed E-state index contributed by atoms with van der Waals surface area (Å²) in [5.41, 5.74) is 1.02. The van der Waals surface area contributed by atoms with Crippen LogP contribution in [0, 0.1) is 0 Å². The van der Waals surface area contributed by atoms with E-state index in [-0.39, 0.29) is 11.9 Å². The SMILES string of the molecule is CCN(C)[C@H](C(=O)NCCc1nccs1)c1ccccc1. The van der Waals surface area contributed by atoms with E-state index in [2.05, 4.69) is 17.2 Å². The smallest absolute Gasteiger partial charge is 0.241 e. The van der Waals surface area contributed by atoms with Crippen LogP contribution < -0.4 is 5.32 Å². The van der Waals surface area contributed by atoms with Crippen LogP contribution >= 0.6 is 11.3 Å². The summed E-state index contributed by atoms with van der Waals surface area (Å²) in [5, 5.41) is 6.03. The van der Waals surface area contributed by atoms with Crippen LogP contribution in [0.4, 0.5) is 0 Å². The molecular formula is C16H21N3OS. The maximum Gasteiger partial charge on any atom is 0.241 e. The first kappa shape index (κ1) is 15.7. The van der Waals surface area contributed by atoms with Crippen LogP contribution in [0.2, 0.25) is 0 Å². The molecule has 5 heteroatoms. The standard InChI is InChI=1S/C16H21N3OS/c1-3-19(2)15(13-7-5-4-6-8-13)16(20)18-10-9-14-17-11-12-21-14/h4-8,11-12,15H,3,9-10H2,1-2H3,(H,18,20)/t15-/m0/s1. The van der Waals surface area contributed by atoms with Gasteiger partial charge in [0.2, 0.25) is 5.91 Å². The van der Waals surface area contributed by atoms with Crippen molar-refractivity contribution in [2.45, 2.75) is 19.4 Å². The summed E-state index contributed by atoms with van der Waals surface area (Å²) < 4.78 is 0. The Balaban J connectivity index is 1.98. The molecule has 1 aromatic carbocycles. The van der Waals surface area contributed by atoms with Crippen LogP contribution in [0.5, 0.6) is 0 Å². The highest BCUT2D eigenvalue weighted by molar-refractivity contribution is 7.09. The minimum absolute atomic E-state index is 0.0436. The average Bonchev–Trinajstić information content (AvgIpc) is 3.01. The van der Waals surface area contributed by atoms with Gasteiger partial charge < -0.3 is 5.32 Å². The second-order valence-corrected chi connectivity index (χ2v) is 5.83. The highest BCUT2D eigenvalue weighted by atomic mass is 32.1. The molecule has 0 unspecified atom stereocenters. The quantitative estimate of drug-likeness (QED) is 0.855. The van der Waals surface area contributed by atoms with Gasteiger partial charge in [-0.1, -0.05) is 37.3 Å². The van der Waals surface area contributed by atoms with E-state index in [1.54, 1.807) is 17.5 Å². The fourth-order valence-electron chi connectivity index (χ4n) is 2.19. The Morgan fingerprint density at radius 3 is 2.76 bits per heavy atom. The van der Waals surface area contributed by atoms with E-state index in [1.165, 1.54) is 0 Å². The number of thiazole rings is 1. The van der Waals surface area contributed by atoms with Gasteiger partial charge in [0.15, 0.2) is 0 Å². The number of carbonyl (C=O) groups is 1. The molecule has 0 radical (unpaired) electrons. The minimum atomic E-state index is -0.243. The third kappa shape index (κ3) is 4.37. The second kappa shape index (κ2) is 7.90. The summed E-state index contributed by atoms with van der Waals surface area (Å²) in [6.07, 6.45) is 2.57.